The van der Waals surface area contributed by atoms with E-state index in [4.69, 9.17) is 0 Å². The van der Waals surface area contributed by atoms with Gasteiger partial charge in [0.2, 0.25) is 0 Å². The van der Waals surface area contributed by atoms with Crippen molar-refractivity contribution in [2.75, 3.05) is 26.3 Å². The third-order valence-electron chi connectivity index (χ3n) is 6.27. The van der Waals surface area contributed by atoms with Gasteiger partial charge in [0.05, 0.1) is 18.9 Å². The van der Waals surface area contributed by atoms with Gasteiger partial charge in [-0.3, -0.25) is 15.1 Å². The quantitative estimate of drug-likeness (QED) is 0.553. The average Bonchev–Trinajstić information content (AvgIpc) is 3.27. The van der Waals surface area contributed by atoms with Gasteiger partial charge >= 0.3 is 0 Å². The summed E-state index contributed by atoms with van der Waals surface area (Å²) in [6.45, 7) is 12.1. The minimum atomic E-state index is 0.0945. The van der Waals surface area contributed by atoms with Crippen molar-refractivity contribution in [3.05, 3.63) is 77.9 Å². The summed E-state index contributed by atoms with van der Waals surface area (Å²) in [5, 5.41) is 13.5. The number of phenols is 1. The highest BCUT2D eigenvalue weighted by molar-refractivity contribution is 5.38. The maximum atomic E-state index is 10.2. The third kappa shape index (κ3) is 4.43. The number of hydrazine groups is 1. The maximum Gasteiger partial charge on any atom is 0.115 e. The lowest BCUT2D eigenvalue weighted by Crippen LogP contribution is -2.57. The fourth-order valence-corrected chi connectivity index (χ4v) is 4.70. The van der Waals surface area contributed by atoms with E-state index in [0.29, 0.717) is 17.8 Å². The van der Waals surface area contributed by atoms with Crippen LogP contribution in [0.3, 0.4) is 0 Å². The number of nitrogens with zero attached hydrogens (tertiary/aromatic N) is 2. The highest BCUT2D eigenvalue weighted by Crippen LogP contribution is 2.35. The highest BCUT2D eigenvalue weighted by Gasteiger charge is 2.34. The standard InChI is InChI=1S/C24H33N5O/c1-4-12-28-14-18(3)29(15-17(28)2)23(21-6-5-7-22(30)13-21)19-8-10-20(11-9-19)24-25-16-26-27-24/h4-11,13,17-18,23-27,30H,1,12,14-16H2,2-3H3/t17-,18+,23-,24?/m1/s1. The van der Waals surface area contributed by atoms with Crippen LogP contribution < -0.4 is 16.2 Å². The van der Waals surface area contributed by atoms with Crippen molar-refractivity contribution in [3.8, 4) is 5.75 Å². The van der Waals surface area contributed by atoms with Crippen LogP contribution in [0.25, 0.3) is 0 Å². The Bertz CT molecular complexity index is 849. The zero-order valence-electron chi connectivity index (χ0n) is 17.9. The molecule has 2 aliphatic heterocycles. The number of hydrogen-bond acceptors (Lipinski definition) is 6. The van der Waals surface area contributed by atoms with E-state index in [9.17, 15) is 5.11 Å². The summed E-state index contributed by atoms with van der Waals surface area (Å²) in [7, 11) is 0. The van der Waals surface area contributed by atoms with Gasteiger partial charge in [0, 0.05) is 31.7 Å². The van der Waals surface area contributed by atoms with E-state index in [1.165, 1.54) is 11.1 Å². The number of piperazine rings is 1. The molecule has 0 bridgehead atoms. The molecule has 0 radical (unpaired) electrons. The molecule has 160 valence electrons. The van der Waals surface area contributed by atoms with Gasteiger partial charge in [-0.15, -0.1) is 6.58 Å². The molecule has 2 heterocycles. The molecule has 0 aromatic heterocycles. The normalized spacial score (nSPS) is 26.5. The lowest BCUT2D eigenvalue weighted by molar-refractivity contribution is 0.0306. The maximum absolute atomic E-state index is 10.2. The molecule has 0 saturated carbocycles. The summed E-state index contributed by atoms with van der Waals surface area (Å²) < 4.78 is 0. The van der Waals surface area contributed by atoms with Crippen molar-refractivity contribution in [2.45, 2.75) is 38.1 Å². The molecule has 6 nitrogen and oxygen atoms in total. The predicted molar refractivity (Wildman–Crippen MR) is 121 cm³/mol. The SMILES string of the molecule is C=CCN1C[C@H](C)N([C@H](c2ccc(C3NCNN3)cc2)c2cccc(O)c2)C[C@H]1C. The molecule has 0 aliphatic carbocycles. The van der Waals surface area contributed by atoms with Crippen LogP contribution in [0.15, 0.2) is 61.2 Å². The first-order valence-corrected chi connectivity index (χ1v) is 10.8. The van der Waals surface area contributed by atoms with Crippen LogP contribution in [0.2, 0.25) is 0 Å². The molecule has 2 fully saturated rings. The second-order valence-corrected chi connectivity index (χ2v) is 8.44. The molecular formula is C24H33N5O. The van der Waals surface area contributed by atoms with Gasteiger partial charge in [0.15, 0.2) is 0 Å². The number of aromatic hydroxyl groups is 1. The Hall–Kier alpha value is -2.22. The van der Waals surface area contributed by atoms with Crippen molar-refractivity contribution in [3.63, 3.8) is 0 Å². The predicted octanol–water partition coefficient (Wildman–Crippen LogP) is 2.72. The van der Waals surface area contributed by atoms with Gasteiger partial charge in [-0.2, -0.15) is 0 Å². The molecule has 0 spiro atoms. The Morgan fingerprint density at radius 1 is 1.10 bits per heavy atom. The molecule has 1 unspecified atom stereocenters. The molecule has 2 aromatic carbocycles. The first-order chi connectivity index (χ1) is 14.6. The van der Waals surface area contributed by atoms with E-state index in [1.54, 1.807) is 6.07 Å². The third-order valence-corrected chi connectivity index (χ3v) is 6.27. The van der Waals surface area contributed by atoms with Gasteiger partial charge in [-0.1, -0.05) is 42.5 Å². The molecule has 4 atom stereocenters. The Kier molecular flexibility index (Phi) is 6.51. The van der Waals surface area contributed by atoms with Crippen LogP contribution in [0.5, 0.6) is 5.75 Å². The topological polar surface area (TPSA) is 62.8 Å². The molecule has 4 rings (SSSR count). The van der Waals surface area contributed by atoms with E-state index in [-0.39, 0.29) is 12.2 Å². The molecule has 0 amide bonds. The van der Waals surface area contributed by atoms with Crippen LogP contribution >= 0.6 is 0 Å². The van der Waals surface area contributed by atoms with Crippen molar-refractivity contribution in [2.24, 2.45) is 0 Å². The van der Waals surface area contributed by atoms with Crippen molar-refractivity contribution >= 4 is 0 Å². The number of phenolic OH excluding ortho intramolecular Hbond substituents is 1. The minimum absolute atomic E-state index is 0.0945. The van der Waals surface area contributed by atoms with Gasteiger partial charge in [0.25, 0.3) is 0 Å². The molecular weight excluding hydrogens is 374 g/mol. The molecule has 6 heteroatoms. The zero-order chi connectivity index (χ0) is 21.1. The molecule has 30 heavy (non-hydrogen) atoms. The summed E-state index contributed by atoms with van der Waals surface area (Å²) in [6.07, 6.45) is 2.12. The number of rotatable bonds is 6. The summed E-state index contributed by atoms with van der Waals surface area (Å²) in [5.74, 6) is 0.311. The van der Waals surface area contributed by atoms with E-state index in [2.05, 4.69) is 76.7 Å². The van der Waals surface area contributed by atoms with Gasteiger partial charge in [-0.25, -0.2) is 10.9 Å². The van der Waals surface area contributed by atoms with Crippen LogP contribution in [-0.2, 0) is 0 Å². The van der Waals surface area contributed by atoms with E-state index in [0.717, 1.165) is 31.9 Å². The van der Waals surface area contributed by atoms with Gasteiger partial charge in [-0.05, 0) is 42.7 Å². The van der Waals surface area contributed by atoms with Crippen molar-refractivity contribution in [1.29, 1.82) is 0 Å². The summed E-state index contributed by atoms with van der Waals surface area (Å²) in [4.78, 5) is 5.06. The molecule has 4 N–H and O–H groups in total. The summed E-state index contributed by atoms with van der Waals surface area (Å²) >= 11 is 0. The Morgan fingerprint density at radius 3 is 2.57 bits per heavy atom. The summed E-state index contributed by atoms with van der Waals surface area (Å²) in [6, 6.07) is 17.4. The lowest BCUT2D eigenvalue weighted by atomic mass is 9.92. The Balaban J connectivity index is 1.66. The van der Waals surface area contributed by atoms with E-state index < -0.39 is 0 Å². The average molecular weight is 408 g/mol. The number of nitrogens with one attached hydrogen (secondary N) is 3. The van der Waals surface area contributed by atoms with Crippen LogP contribution in [-0.4, -0.2) is 53.3 Å². The monoisotopic (exact) mass is 407 g/mol. The smallest absolute Gasteiger partial charge is 0.115 e. The zero-order valence-corrected chi connectivity index (χ0v) is 17.9. The van der Waals surface area contributed by atoms with Crippen molar-refractivity contribution in [1.82, 2.24) is 26.0 Å². The van der Waals surface area contributed by atoms with Crippen molar-refractivity contribution < 1.29 is 5.11 Å². The largest absolute Gasteiger partial charge is 0.508 e. The Labute approximate surface area is 179 Å². The Morgan fingerprint density at radius 2 is 1.90 bits per heavy atom. The summed E-state index contributed by atoms with van der Waals surface area (Å²) in [5.41, 5.74) is 9.91. The lowest BCUT2D eigenvalue weighted by Gasteiger charge is -2.47. The van der Waals surface area contributed by atoms with E-state index in [1.807, 2.05) is 18.2 Å². The van der Waals surface area contributed by atoms with Gasteiger partial charge in [0.1, 0.15) is 5.75 Å². The van der Waals surface area contributed by atoms with Crippen LogP contribution in [0.1, 0.15) is 42.7 Å². The first-order valence-electron chi connectivity index (χ1n) is 10.8. The fourth-order valence-electron chi connectivity index (χ4n) is 4.70. The second-order valence-electron chi connectivity index (χ2n) is 8.44. The fraction of sp³-hybridized carbons (Fsp3) is 0.417. The number of hydrogen-bond donors (Lipinski definition) is 4. The van der Waals surface area contributed by atoms with Crippen LogP contribution in [0.4, 0.5) is 0 Å². The first kappa shape index (κ1) is 21.0. The van der Waals surface area contributed by atoms with Gasteiger partial charge < -0.3 is 5.11 Å². The molecule has 2 aromatic rings. The van der Waals surface area contributed by atoms with Crippen LogP contribution in [0, 0.1) is 0 Å². The number of benzene rings is 2. The molecule has 2 saturated heterocycles. The molecule has 2 aliphatic rings. The highest BCUT2D eigenvalue weighted by atomic mass is 16.3. The minimum Gasteiger partial charge on any atom is -0.508 e. The van der Waals surface area contributed by atoms with E-state index >= 15 is 0 Å². The second kappa shape index (κ2) is 9.29.